The van der Waals surface area contributed by atoms with E-state index in [1.54, 1.807) is 18.2 Å². The summed E-state index contributed by atoms with van der Waals surface area (Å²) in [6.07, 6.45) is 5.41. The Bertz CT molecular complexity index is 452. The molecule has 3 atom stereocenters. The van der Waals surface area contributed by atoms with Crippen LogP contribution in [0.25, 0.3) is 0 Å². The monoisotopic (exact) mass is 260 g/mol. The summed E-state index contributed by atoms with van der Waals surface area (Å²) in [5, 5.41) is 9.80. The van der Waals surface area contributed by atoms with E-state index in [2.05, 4.69) is 0 Å². The van der Waals surface area contributed by atoms with Gasteiger partial charge >= 0.3 is 0 Å². The minimum absolute atomic E-state index is 0.214. The fourth-order valence-electron chi connectivity index (χ4n) is 1.80. The highest BCUT2D eigenvalue weighted by molar-refractivity contribution is 5.65. The van der Waals surface area contributed by atoms with Gasteiger partial charge in [-0.2, -0.15) is 0 Å². The first-order valence-electron chi connectivity index (χ1n) is 6.10. The SMILES string of the molecule is O=CC=CC=CC1OC(c2ccccc2)OCC1O. The summed E-state index contributed by atoms with van der Waals surface area (Å²) in [6, 6.07) is 9.56. The van der Waals surface area contributed by atoms with Gasteiger partial charge in [-0.3, -0.25) is 4.79 Å². The van der Waals surface area contributed by atoms with Gasteiger partial charge in [-0.15, -0.1) is 0 Å². The second-order valence-corrected chi connectivity index (χ2v) is 4.15. The zero-order chi connectivity index (χ0) is 13.5. The maximum atomic E-state index is 10.1. The molecule has 1 aromatic carbocycles. The van der Waals surface area contributed by atoms with Gasteiger partial charge in [-0.05, 0) is 6.08 Å². The molecule has 1 fully saturated rings. The number of aldehydes is 1. The van der Waals surface area contributed by atoms with E-state index in [1.165, 1.54) is 6.08 Å². The molecule has 1 heterocycles. The van der Waals surface area contributed by atoms with Gasteiger partial charge in [-0.1, -0.05) is 48.6 Å². The van der Waals surface area contributed by atoms with Crippen molar-refractivity contribution in [3.8, 4) is 0 Å². The second-order valence-electron chi connectivity index (χ2n) is 4.15. The molecule has 0 saturated carbocycles. The van der Waals surface area contributed by atoms with Crippen LogP contribution in [-0.2, 0) is 14.3 Å². The highest BCUT2D eigenvalue weighted by Crippen LogP contribution is 2.26. The molecule has 19 heavy (non-hydrogen) atoms. The molecule has 1 saturated heterocycles. The van der Waals surface area contributed by atoms with Crippen molar-refractivity contribution in [2.75, 3.05) is 6.61 Å². The third kappa shape index (κ3) is 3.86. The van der Waals surface area contributed by atoms with Crippen LogP contribution >= 0.6 is 0 Å². The molecule has 4 nitrogen and oxygen atoms in total. The van der Waals surface area contributed by atoms with Crippen LogP contribution in [0.3, 0.4) is 0 Å². The van der Waals surface area contributed by atoms with Crippen LogP contribution < -0.4 is 0 Å². The predicted molar refractivity (Wildman–Crippen MR) is 70.4 cm³/mol. The fraction of sp³-hybridized carbons (Fsp3) is 0.267. The van der Waals surface area contributed by atoms with Crippen LogP contribution in [0.15, 0.2) is 54.6 Å². The van der Waals surface area contributed by atoms with E-state index in [4.69, 9.17) is 9.47 Å². The third-order valence-corrected chi connectivity index (χ3v) is 2.75. The van der Waals surface area contributed by atoms with E-state index >= 15 is 0 Å². The Hall–Kier alpha value is -1.75. The van der Waals surface area contributed by atoms with E-state index in [0.29, 0.717) is 6.29 Å². The van der Waals surface area contributed by atoms with Gasteiger partial charge in [0.15, 0.2) is 6.29 Å². The Labute approximate surface area is 112 Å². The lowest BCUT2D eigenvalue weighted by atomic mass is 10.1. The lowest BCUT2D eigenvalue weighted by Gasteiger charge is -2.32. The van der Waals surface area contributed by atoms with Crippen LogP contribution in [0.2, 0.25) is 0 Å². The molecule has 0 aromatic heterocycles. The molecule has 1 aromatic rings. The number of carbonyl (C=O) groups is 1. The van der Waals surface area contributed by atoms with Crippen LogP contribution in [0, 0.1) is 0 Å². The van der Waals surface area contributed by atoms with Crippen molar-refractivity contribution in [2.24, 2.45) is 0 Å². The number of aliphatic hydroxyl groups excluding tert-OH is 1. The van der Waals surface area contributed by atoms with Crippen molar-refractivity contribution in [3.63, 3.8) is 0 Å². The van der Waals surface area contributed by atoms with Gasteiger partial charge in [0.05, 0.1) is 6.61 Å². The number of aliphatic hydroxyl groups is 1. The first-order chi connectivity index (χ1) is 9.31. The molecule has 2 rings (SSSR count). The minimum Gasteiger partial charge on any atom is -0.388 e. The van der Waals surface area contributed by atoms with Gasteiger partial charge in [0.2, 0.25) is 0 Å². The van der Waals surface area contributed by atoms with Crippen molar-refractivity contribution < 1.29 is 19.4 Å². The van der Waals surface area contributed by atoms with Crippen molar-refractivity contribution in [1.29, 1.82) is 0 Å². The minimum atomic E-state index is -0.708. The number of ether oxygens (including phenoxy) is 2. The highest BCUT2D eigenvalue weighted by Gasteiger charge is 2.29. The van der Waals surface area contributed by atoms with E-state index in [9.17, 15) is 9.90 Å². The van der Waals surface area contributed by atoms with Crippen molar-refractivity contribution in [1.82, 2.24) is 0 Å². The normalized spacial score (nSPS) is 27.9. The first kappa shape index (κ1) is 13.7. The number of hydrogen-bond donors (Lipinski definition) is 1. The van der Waals surface area contributed by atoms with Crippen LogP contribution in [0.1, 0.15) is 11.9 Å². The van der Waals surface area contributed by atoms with Crippen molar-refractivity contribution >= 4 is 6.29 Å². The molecule has 100 valence electrons. The Morgan fingerprint density at radius 2 is 1.95 bits per heavy atom. The number of rotatable bonds is 4. The standard InChI is InChI=1S/C15H16O4/c16-10-6-2-5-9-14-13(17)11-18-15(19-14)12-7-3-1-4-8-12/h1-10,13-15,17H,11H2. The molecule has 0 radical (unpaired) electrons. The molecule has 0 aliphatic carbocycles. The molecule has 1 aliphatic heterocycles. The van der Waals surface area contributed by atoms with Crippen LogP contribution in [0.5, 0.6) is 0 Å². The summed E-state index contributed by atoms with van der Waals surface area (Å²) in [5.74, 6) is 0. The molecule has 1 N–H and O–H groups in total. The van der Waals surface area contributed by atoms with Gasteiger partial charge in [0.25, 0.3) is 0 Å². The van der Waals surface area contributed by atoms with E-state index < -0.39 is 18.5 Å². The van der Waals surface area contributed by atoms with E-state index in [0.717, 1.165) is 5.56 Å². The summed E-state index contributed by atoms with van der Waals surface area (Å²) in [4.78, 5) is 10.1. The van der Waals surface area contributed by atoms with Gasteiger partial charge in [0, 0.05) is 5.56 Å². The molecule has 0 spiro atoms. The number of hydrogen-bond acceptors (Lipinski definition) is 4. The summed E-state index contributed by atoms with van der Waals surface area (Å²) in [5.41, 5.74) is 0.913. The van der Waals surface area contributed by atoms with E-state index in [1.807, 2.05) is 30.3 Å². The lowest BCUT2D eigenvalue weighted by molar-refractivity contribution is -0.243. The topological polar surface area (TPSA) is 55.8 Å². The van der Waals surface area contributed by atoms with Crippen molar-refractivity contribution in [3.05, 3.63) is 60.2 Å². The molecular formula is C15H16O4. The summed E-state index contributed by atoms with van der Waals surface area (Å²) in [6.45, 7) is 0.214. The quantitative estimate of drug-likeness (QED) is 0.509. The predicted octanol–water partition coefficient (Wildman–Crippen LogP) is 1.77. The number of benzene rings is 1. The second kappa shape index (κ2) is 6.99. The molecular weight excluding hydrogens is 244 g/mol. The maximum absolute atomic E-state index is 10.1. The number of carbonyl (C=O) groups excluding carboxylic acids is 1. The van der Waals surface area contributed by atoms with Crippen LogP contribution in [-0.4, -0.2) is 30.2 Å². The summed E-state index contributed by atoms with van der Waals surface area (Å²) >= 11 is 0. The van der Waals surface area contributed by atoms with Gasteiger partial charge in [-0.25, -0.2) is 0 Å². The van der Waals surface area contributed by atoms with Gasteiger partial charge in [0.1, 0.15) is 18.5 Å². The zero-order valence-electron chi connectivity index (χ0n) is 10.4. The van der Waals surface area contributed by atoms with Crippen molar-refractivity contribution in [2.45, 2.75) is 18.5 Å². The first-order valence-corrected chi connectivity index (χ1v) is 6.10. The number of allylic oxidation sites excluding steroid dienone is 3. The van der Waals surface area contributed by atoms with E-state index in [-0.39, 0.29) is 6.61 Å². The molecule has 1 aliphatic rings. The van der Waals surface area contributed by atoms with Gasteiger partial charge < -0.3 is 14.6 Å². The maximum Gasteiger partial charge on any atom is 0.184 e. The summed E-state index contributed by atoms with van der Waals surface area (Å²) in [7, 11) is 0. The Morgan fingerprint density at radius 1 is 1.16 bits per heavy atom. The largest absolute Gasteiger partial charge is 0.388 e. The smallest absolute Gasteiger partial charge is 0.184 e. The Kier molecular flexibility index (Phi) is 5.03. The van der Waals surface area contributed by atoms with Crippen LogP contribution in [0.4, 0.5) is 0 Å². The third-order valence-electron chi connectivity index (χ3n) is 2.75. The summed E-state index contributed by atoms with van der Waals surface area (Å²) < 4.78 is 11.1. The Balaban J connectivity index is 2.02. The molecule has 0 amide bonds. The zero-order valence-corrected chi connectivity index (χ0v) is 10.4. The molecule has 3 unspecified atom stereocenters. The fourth-order valence-corrected chi connectivity index (χ4v) is 1.80. The molecule has 0 bridgehead atoms. The average molecular weight is 260 g/mol. The molecule has 4 heteroatoms. The average Bonchev–Trinajstić information content (AvgIpc) is 2.46. The Morgan fingerprint density at radius 3 is 2.68 bits per heavy atom. The highest BCUT2D eigenvalue weighted by atomic mass is 16.7. The lowest BCUT2D eigenvalue weighted by Crippen LogP contribution is -2.39.